The first-order valence-electron chi connectivity index (χ1n) is 7.90. The Balaban J connectivity index is 2.10. The summed E-state index contributed by atoms with van der Waals surface area (Å²) < 4.78 is 5.17. The summed E-state index contributed by atoms with van der Waals surface area (Å²) in [6, 6.07) is 9.16. The molecule has 120 valence electrons. The second-order valence-corrected chi connectivity index (χ2v) is 7.21. The normalized spacial score (nSPS) is 13.6. The van der Waals surface area contributed by atoms with Gasteiger partial charge >= 0.3 is 0 Å². The summed E-state index contributed by atoms with van der Waals surface area (Å²) in [7, 11) is 0. The fourth-order valence-electron chi connectivity index (χ4n) is 2.54. The highest BCUT2D eigenvalue weighted by atomic mass is 16.5. The highest BCUT2D eigenvalue weighted by molar-refractivity contribution is 5.29. The molecule has 0 saturated heterocycles. The number of rotatable bonds is 5. The van der Waals surface area contributed by atoms with E-state index in [9.17, 15) is 0 Å². The Labute approximate surface area is 133 Å². The van der Waals surface area contributed by atoms with Crippen molar-refractivity contribution in [3.63, 3.8) is 0 Å². The lowest BCUT2D eigenvalue weighted by atomic mass is 9.85. The summed E-state index contributed by atoms with van der Waals surface area (Å²) in [4.78, 5) is 4.24. The molecule has 0 bridgehead atoms. The van der Waals surface area contributed by atoms with Gasteiger partial charge in [-0.1, -0.05) is 64.0 Å². The van der Waals surface area contributed by atoms with Crippen LogP contribution in [0.4, 0.5) is 0 Å². The van der Waals surface area contributed by atoms with Crippen molar-refractivity contribution in [1.82, 2.24) is 15.5 Å². The molecule has 2 rings (SSSR count). The maximum Gasteiger partial charge on any atom is 0.240 e. The Bertz CT molecular complexity index is 594. The van der Waals surface area contributed by atoms with Gasteiger partial charge in [0.05, 0.1) is 6.54 Å². The van der Waals surface area contributed by atoms with E-state index in [4.69, 9.17) is 4.52 Å². The van der Waals surface area contributed by atoms with Gasteiger partial charge in [0.1, 0.15) is 0 Å². The molecule has 4 heteroatoms. The summed E-state index contributed by atoms with van der Waals surface area (Å²) >= 11 is 0. The molecule has 4 nitrogen and oxygen atoms in total. The summed E-state index contributed by atoms with van der Waals surface area (Å²) in [5, 5.41) is 7.35. The van der Waals surface area contributed by atoms with Crippen LogP contribution in [0.1, 0.15) is 63.5 Å². The van der Waals surface area contributed by atoms with Gasteiger partial charge in [-0.05, 0) is 29.4 Å². The SMILES string of the molecule is Cc1noc(CN[C@H](c2ccc(C(C)(C)C)cc2)C(C)C)n1. The smallest absolute Gasteiger partial charge is 0.240 e. The van der Waals surface area contributed by atoms with Crippen molar-refractivity contribution in [2.45, 2.75) is 59.5 Å². The molecule has 0 amide bonds. The minimum Gasteiger partial charge on any atom is -0.338 e. The summed E-state index contributed by atoms with van der Waals surface area (Å²) in [5.41, 5.74) is 2.83. The number of aryl methyl sites for hydroxylation is 1. The van der Waals surface area contributed by atoms with Crippen LogP contribution in [0.3, 0.4) is 0 Å². The van der Waals surface area contributed by atoms with Crippen LogP contribution in [0.15, 0.2) is 28.8 Å². The molecule has 0 radical (unpaired) electrons. The van der Waals surface area contributed by atoms with Crippen LogP contribution >= 0.6 is 0 Å². The van der Waals surface area contributed by atoms with Gasteiger partial charge in [0.15, 0.2) is 5.82 Å². The van der Waals surface area contributed by atoms with Crippen LogP contribution in [0.5, 0.6) is 0 Å². The molecule has 1 atom stereocenters. The van der Waals surface area contributed by atoms with E-state index >= 15 is 0 Å². The molecule has 1 aromatic heterocycles. The van der Waals surface area contributed by atoms with Crippen molar-refractivity contribution in [1.29, 1.82) is 0 Å². The second-order valence-electron chi connectivity index (χ2n) is 7.21. The number of benzene rings is 1. The lowest BCUT2D eigenvalue weighted by Crippen LogP contribution is -2.25. The molecule has 1 heterocycles. The van der Waals surface area contributed by atoms with Gasteiger partial charge in [-0.3, -0.25) is 0 Å². The fraction of sp³-hybridized carbons (Fsp3) is 0.556. The molecule has 1 N–H and O–H groups in total. The first kappa shape index (κ1) is 16.7. The predicted molar refractivity (Wildman–Crippen MR) is 88.6 cm³/mol. The largest absolute Gasteiger partial charge is 0.338 e. The van der Waals surface area contributed by atoms with Gasteiger partial charge in [0.2, 0.25) is 5.89 Å². The number of aromatic nitrogens is 2. The molecular formula is C18H27N3O. The van der Waals surface area contributed by atoms with Gasteiger partial charge in [0.25, 0.3) is 0 Å². The van der Waals surface area contributed by atoms with E-state index in [0.29, 0.717) is 24.2 Å². The van der Waals surface area contributed by atoms with E-state index in [-0.39, 0.29) is 11.5 Å². The van der Waals surface area contributed by atoms with E-state index in [2.05, 4.69) is 74.3 Å². The van der Waals surface area contributed by atoms with Crippen molar-refractivity contribution >= 4 is 0 Å². The number of nitrogens with one attached hydrogen (secondary N) is 1. The molecule has 22 heavy (non-hydrogen) atoms. The zero-order valence-corrected chi connectivity index (χ0v) is 14.5. The zero-order valence-electron chi connectivity index (χ0n) is 14.5. The molecule has 0 unspecified atom stereocenters. The minimum atomic E-state index is 0.181. The van der Waals surface area contributed by atoms with Crippen LogP contribution in [-0.4, -0.2) is 10.1 Å². The topological polar surface area (TPSA) is 51.0 Å². The third kappa shape index (κ3) is 4.17. The summed E-state index contributed by atoms with van der Waals surface area (Å²) in [6.45, 7) is 13.6. The monoisotopic (exact) mass is 301 g/mol. The molecule has 0 aliphatic carbocycles. The van der Waals surface area contributed by atoms with Crippen LogP contribution in [0.2, 0.25) is 0 Å². The average molecular weight is 301 g/mol. The number of hydrogen-bond acceptors (Lipinski definition) is 4. The van der Waals surface area contributed by atoms with Gasteiger partial charge in [-0.25, -0.2) is 0 Å². The van der Waals surface area contributed by atoms with Crippen molar-refractivity contribution in [3.05, 3.63) is 47.1 Å². The fourth-order valence-corrected chi connectivity index (χ4v) is 2.54. The van der Waals surface area contributed by atoms with E-state index in [1.807, 2.05) is 6.92 Å². The summed E-state index contributed by atoms with van der Waals surface area (Å²) in [6.07, 6.45) is 0. The van der Waals surface area contributed by atoms with Crippen LogP contribution in [0.25, 0.3) is 0 Å². The molecule has 0 spiro atoms. The van der Waals surface area contributed by atoms with Crippen molar-refractivity contribution in [3.8, 4) is 0 Å². The minimum absolute atomic E-state index is 0.181. The van der Waals surface area contributed by atoms with Crippen molar-refractivity contribution in [2.24, 2.45) is 5.92 Å². The summed E-state index contributed by atoms with van der Waals surface area (Å²) in [5.74, 6) is 1.78. The quantitative estimate of drug-likeness (QED) is 0.901. The van der Waals surface area contributed by atoms with E-state index in [1.165, 1.54) is 11.1 Å². The first-order chi connectivity index (χ1) is 10.3. The number of hydrogen-bond donors (Lipinski definition) is 1. The molecular weight excluding hydrogens is 274 g/mol. The molecule has 1 aromatic carbocycles. The highest BCUT2D eigenvalue weighted by Gasteiger charge is 2.18. The van der Waals surface area contributed by atoms with Crippen LogP contribution in [-0.2, 0) is 12.0 Å². The van der Waals surface area contributed by atoms with Gasteiger partial charge < -0.3 is 9.84 Å². The lowest BCUT2D eigenvalue weighted by Gasteiger charge is -2.24. The maximum absolute atomic E-state index is 5.17. The van der Waals surface area contributed by atoms with Gasteiger partial charge in [0, 0.05) is 6.04 Å². The Hall–Kier alpha value is -1.68. The number of nitrogens with zero attached hydrogens (tertiary/aromatic N) is 2. The molecule has 0 aliphatic heterocycles. The average Bonchev–Trinajstić information content (AvgIpc) is 2.84. The Morgan fingerprint density at radius 1 is 1.14 bits per heavy atom. The lowest BCUT2D eigenvalue weighted by molar-refractivity contribution is 0.336. The molecule has 0 aliphatic rings. The predicted octanol–water partition coefficient (Wildman–Crippen LogP) is 4.16. The molecule has 0 fully saturated rings. The van der Waals surface area contributed by atoms with Gasteiger partial charge in [-0.15, -0.1) is 0 Å². The highest BCUT2D eigenvalue weighted by Crippen LogP contribution is 2.26. The molecule has 2 aromatic rings. The molecule has 0 saturated carbocycles. The standard InChI is InChI=1S/C18H27N3O/c1-12(2)17(19-11-16-20-13(3)21-22-16)14-7-9-15(10-8-14)18(4,5)6/h7-10,12,17,19H,11H2,1-6H3/t17-/m0/s1. The van der Waals surface area contributed by atoms with Crippen molar-refractivity contribution < 1.29 is 4.52 Å². The van der Waals surface area contributed by atoms with E-state index in [0.717, 1.165) is 0 Å². The van der Waals surface area contributed by atoms with E-state index in [1.54, 1.807) is 0 Å². The Kier molecular flexibility index (Phi) is 5.01. The maximum atomic E-state index is 5.17. The van der Waals surface area contributed by atoms with Crippen molar-refractivity contribution in [2.75, 3.05) is 0 Å². The van der Waals surface area contributed by atoms with Gasteiger partial charge in [-0.2, -0.15) is 4.98 Å². The Morgan fingerprint density at radius 3 is 2.23 bits per heavy atom. The third-order valence-electron chi connectivity index (χ3n) is 3.85. The van der Waals surface area contributed by atoms with Crippen LogP contribution in [0, 0.1) is 12.8 Å². The van der Waals surface area contributed by atoms with Crippen LogP contribution < -0.4 is 5.32 Å². The first-order valence-corrected chi connectivity index (χ1v) is 7.90. The van der Waals surface area contributed by atoms with E-state index < -0.39 is 0 Å². The third-order valence-corrected chi connectivity index (χ3v) is 3.85. The Morgan fingerprint density at radius 2 is 1.77 bits per heavy atom. The second kappa shape index (κ2) is 6.61. The zero-order chi connectivity index (χ0) is 16.3.